The highest BCUT2D eigenvalue weighted by atomic mass is 32.1. The number of hydrogen-bond donors (Lipinski definition) is 2. The summed E-state index contributed by atoms with van der Waals surface area (Å²) in [6.45, 7) is 2.47. The number of fused-ring (bicyclic) bond motifs is 1. The fourth-order valence-electron chi connectivity index (χ4n) is 3.79. The molecule has 2 heterocycles. The van der Waals surface area contributed by atoms with Crippen LogP contribution in [-0.2, 0) is 4.79 Å². The van der Waals surface area contributed by atoms with Crippen LogP contribution in [-0.4, -0.2) is 41.1 Å². The number of hydrogen-bond acceptors (Lipinski definition) is 5. The topological polar surface area (TPSA) is 76.4 Å². The Morgan fingerprint density at radius 1 is 1.52 bits per heavy atom. The number of thiophene rings is 1. The first-order chi connectivity index (χ1) is 11.1. The van der Waals surface area contributed by atoms with Crippen LogP contribution in [0.5, 0.6) is 0 Å². The second-order valence-electron chi connectivity index (χ2n) is 6.67. The maximum absolute atomic E-state index is 12.1. The largest absolute Gasteiger partial charge is 0.390 e. The minimum absolute atomic E-state index is 0.0478. The molecule has 0 radical (unpaired) electrons. The molecule has 1 aliphatic carbocycles. The molecule has 0 aromatic carbocycles. The van der Waals surface area contributed by atoms with Gasteiger partial charge in [-0.25, -0.2) is 0 Å². The number of likely N-dealkylation sites (tertiary alicyclic amines) is 1. The van der Waals surface area contributed by atoms with E-state index < -0.39 is 5.60 Å². The number of rotatable bonds is 4. The Balaban J connectivity index is 1.47. The van der Waals surface area contributed by atoms with E-state index in [0.29, 0.717) is 29.4 Å². The zero-order valence-corrected chi connectivity index (χ0v) is 14.1. The van der Waals surface area contributed by atoms with E-state index in [-0.39, 0.29) is 5.91 Å². The lowest BCUT2D eigenvalue weighted by molar-refractivity contribution is -0.117. The second-order valence-corrected chi connectivity index (χ2v) is 7.59. The fourth-order valence-corrected chi connectivity index (χ4v) is 4.54. The van der Waals surface area contributed by atoms with E-state index in [4.69, 9.17) is 5.26 Å². The Hall–Kier alpha value is -1.42. The number of nitriles is 1. The Bertz CT molecular complexity index is 609. The van der Waals surface area contributed by atoms with Crippen molar-refractivity contribution in [2.45, 2.75) is 44.1 Å². The number of aliphatic hydroxyl groups is 1. The van der Waals surface area contributed by atoms with Crippen LogP contribution in [0.3, 0.4) is 0 Å². The van der Waals surface area contributed by atoms with Crippen LogP contribution in [0.1, 0.15) is 44.1 Å². The standard InChI is InChI=1S/C17H23N3O2S/c18-11-13-5-10-23-16(13)19-15(21)4-8-20-9-7-17(22)6-2-1-3-14(17)12-20/h5,10,14,22H,1-4,6-9,12H2,(H,19,21). The highest BCUT2D eigenvalue weighted by Gasteiger charge is 2.42. The van der Waals surface area contributed by atoms with Crippen LogP contribution in [0.2, 0.25) is 0 Å². The predicted molar refractivity (Wildman–Crippen MR) is 90.2 cm³/mol. The lowest BCUT2D eigenvalue weighted by atomic mass is 9.71. The number of carbonyl (C=O) groups is 1. The Morgan fingerprint density at radius 3 is 3.22 bits per heavy atom. The van der Waals surface area contributed by atoms with E-state index in [1.54, 1.807) is 6.07 Å². The van der Waals surface area contributed by atoms with Crippen LogP contribution in [0.25, 0.3) is 0 Å². The van der Waals surface area contributed by atoms with E-state index in [2.05, 4.69) is 16.3 Å². The first-order valence-electron chi connectivity index (χ1n) is 8.33. The first-order valence-corrected chi connectivity index (χ1v) is 9.21. The van der Waals surface area contributed by atoms with E-state index in [1.165, 1.54) is 17.8 Å². The van der Waals surface area contributed by atoms with Gasteiger partial charge in [-0.15, -0.1) is 11.3 Å². The van der Waals surface area contributed by atoms with Crippen molar-refractivity contribution in [1.82, 2.24) is 4.90 Å². The summed E-state index contributed by atoms with van der Waals surface area (Å²) in [6, 6.07) is 3.80. The fraction of sp³-hybridized carbons (Fsp3) is 0.647. The average molecular weight is 333 g/mol. The molecule has 2 fully saturated rings. The number of nitrogens with zero attached hydrogens (tertiary/aromatic N) is 2. The summed E-state index contributed by atoms with van der Waals surface area (Å²) < 4.78 is 0. The molecule has 23 heavy (non-hydrogen) atoms. The van der Waals surface area contributed by atoms with Crippen molar-refractivity contribution in [2.75, 3.05) is 25.0 Å². The number of amides is 1. The molecule has 0 bridgehead atoms. The number of anilines is 1. The van der Waals surface area contributed by atoms with Gasteiger partial charge in [-0.3, -0.25) is 4.79 Å². The third-order valence-corrected chi connectivity index (χ3v) is 6.04. The molecular weight excluding hydrogens is 310 g/mol. The maximum atomic E-state index is 12.1. The quantitative estimate of drug-likeness (QED) is 0.888. The molecule has 5 nitrogen and oxygen atoms in total. The summed E-state index contributed by atoms with van der Waals surface area (Å²) in [4.78, 5) is 14.4. The van der Waals surface area contributed by atoms with E-state index >= 15 is 0 Å². The molecule has 1 saturated carbocycles. The molecule has 1 saturated heterocycles. The van der Waals surface area contributed by atoms with Crippen molar-refractivity contribution in [3.05, 3.63) is 17.0 Å². The first kappa shape index (κ1) is 16.4. The smallest absolute Gasteiger partial charge is 0.226 e. The van der Waals surface area contributed by atoms with Gasteiger partial charge in [0.1, 0.15) is 11.1 Å². The lowest BCUT2D eigenvalue weighted by Crippen LogP contribution is -2.53. The van der Waals surface area contributed by atoms with Crippen LogP contribution >= 0.6 is 11.3 Å². The van der Waals surface area contributed by atoms with Crippen molar-refractivity contribution in [3.8, 4) is 6.07 Å². The minimum atomic E-state index is -0.463. The van der Waals surface area contributed by atoms with Crippen LogP contribution < -0.4 is 5.32 Å². The molecule has 2 unspecified atom stereocenters. The zero-order valence-electron chi connectivity index (χ0n) is 13.3. The van der Waals surface area contributed by atoms with Crippen molar-refractivity contribution in [1.29, 1.82) is 5.26 Å². The van der Waals surface area contributed by atoms with Crippen LogP contribution in [0, 0.1) is 17.2 Å². The van der Waals surface area contributed by atoms with Gasteiger partial charge in [0.2, 0.25) is 5.91 Å². The van der Waals surface area contributed by atoms with Crippen LogP contribution in [0.4, 0.5) is 5.00 Å². The van der Waals surface area contributed by atoms with E-state index in [9.17, 15) is 9.90 Å². The van der Waals surface area contributed by atoms with Gasteiger partial charge in [0, 0.05) is 32.0 Å². The monoisotopic (exact) mass is 333 g/mol. The van der Waals surface area contributed by atoms with Crippen molar-refractivity contribution < 1.29 is 9.90 Å². The van der Waals surface area contributed by atoms with Gasteiger partial charge < -0.3 is 15.3 Å². The molecule has 1 aromatic rings. The molecule has 1 aromatic heterocycles. The summed E-state index contributed by atoms with van der Waals surface area (Å²) in [5, 5.41) is 24.9. The third kappa shape index (κ3) is 3.74. The van der Waals surface area contributed by atoms with Crippen molar-refractivity contribution in [3.63, 3.8) is 0 Å². The molecule has 3 rings (SSSR count). The minimum Gasteiger partial charge on any atom is -0.390 e. The molecule has 0 spiro atoms. The van der Waals surface area contributed by atoms with Gasteiger partial charge in [0.05, 0.1) is 11.2 Å². The highest BCUT2D eigenvalue weighted by Crippen LogP contribution is 2.39. The molecule has 2 atom stereocenters. The molecule has 2 aliphatic rings. The zero-order chi connectivity index (χ0) is 16.3. The molecular formula is C17H23N3O2S. The molecule has 2 N–H and O–H groups in total. The second kappa shape index (κ2) is 7.00. The van der Waals surface area contributed by atoms with E-state index in [1.807, 2.05) is 5.38 Å². The maximum Gasteiger partial charge on any atom is 0.226 e. The Morgan fingerprint density at radius 2 is 2.39 bits per heavy atom. The van der Waals surface area contributed by atoms with Gasteiger partial charge in [-0.1, -0.05) is 12.8 Å². The Labute approximate surface area is 140 Å². The summed E-state index contributed by atoms with van der Waals surface area (Å²) >= 11 is 1.38. The summed E-state index contributed by atoms with van der Waals surface area (Å²) in [5.74, 6) is 0.309. The number of piperidine rings is 1. The lowest BCUT2D eigenvalue weighted by Gasteiger charge is -2.47. The highest BCUT2D eigenvalue weighted by molar-refractivity contribution is 7.14. The average Bonchev–Trinajstić information content (AvgIpc) is 2.99. The van der Waals surface area contributed by atoms with Crippen LogP contribution in [0.15, 0.2) is 11.4 Å². The molecule has 1 aliphatic heterocycles. The normalized spacial score (nSPS) is 27.9. The molecule has 124 valence electrons. The SMILES string of the molecule is N#Cc1ccsc1NC(=O)CCN1CCC2(O)CCCCC2C1. The van der Waals surface area contributed by atoms with Gasteiger partial charge in [-0.05, 0) is 30.7 Å². The van der Waals surface area contributed by atoms with Gasteiger partial charge in [-0.2, -0.15) is 5.26 Å². The molecule has 1 amide bonds. The Kier molecular flexibility index (Phi) is 5.00. The third-order valence-electron chi connectivity index (χ3n) is 5.21. The van der Waals surface area contributed by atoms with Crippen molar-refractivity contribution >= 4 is 22.2 Å². The number of nitrogens with one attached hydrogen (secondary N) is 1. The van der Waals surface area contributed by atoms with Gasteiger partial charge >= 0.3 is 0 Å². The summed E-state index contributed by atoms with van der Waals surface area (Å²) in [7, 11) is 0. The summed E-state index contributed by atoms with van der Waals surface area (Å²) in [5.41, 5.74) is 0.0592. The number of carbonyl (C=O) groups excluding carboxylic acids is 1. The molecule has 6 heteroatoms. The van der Waals surface area contributed by atoms with E-state index in [0.717, 1.165) is 38.8 Å². The van der Waals surface area contributed by atoms with Gasteiger partial charge in [0.15, 0.2) is 0 Å². The predicted octanol–water partition coefficient (Wildman–Crippen LogP) is 2.58. The van der Waals surface area contributed by atoms with Crippen molar-refractivity contribution in [2.24, 2.45) is 5.92 Å². The van der Waals surface area contributed by atoms with Gasteiger partial charge in [0.25, 0.3) is 0 Å². The summed E-state index contributed by atoms with van der Waals surface area (Å²) in [6.07, 6.45) is 5.62.